The minimum absolute atomic E-state index is 0.346. The Labute approximate surface area is 65.7 Å². The van der Waals surface area contributed by atoms with Gasteiger partial charge in [-0.05, 0) is 18.8 Å². The Kier molecular flexibility index (Phi) is 2.55. The van der Waals surface area contributed by atoms with Gasteiger partial charge < -0.3 is 5.73 Å². The summed E-state index contributed by atoms with van der Waals surface area (Å²) in [7, 11) is 0. The van der Waals surface area contributed by atoms with Crippen LogP contribution in [0.25, 0.3) is 0 Å². The zero-order chi connectivity index (χ0) is 7.56. The minimum Gasteiger partial charge on any atom is -0.368 e. The zero-order valence-corrected chi connectivity index (χ0v) is 6.60. The number of nitrogens with two attached hydrogens (primary N) is 1. The summed E-state index contributed by atoms with van der Waals surface area (Å²) < 4.78 is 0. The summed E-state index contributed by atoms with van der Waals surface area (Å²) in [5.74, 6) is -0.0206. The van der Waals surface area contributed by atoms with E-state index in [1.165, 1.54) is 12.8 Å². The van der Waals surface area contributed by atoms with Crippen LogP contribution >= 0.6 is 11.6 Å². The maximum atomic E-state index is 10.6. The van der Waals surface area contributed by atoms with Gasteiger partial charge in [0.15, 0.2) is 0 Å². The molecule has 58 valence electrons. The van der Waals surface area contributed by atoms with Gasteiger partial charge in [0.2, 0.25) is 5.91 Å². The fourth-order valence-electron chi connectivity index (χ4n) is 1.48. The van der Waals surface area contributed by atoms with E-state index in [4.69, 9.17) is 17.3 Å². The summed E-state index contributed by atoms with van der Waals surface area (Å²) in [6, 6.07) is 0. The highest BCUT2D eigenvalue weighted by Gasteiger charge is 2.26. The summed E-state index contributed by atoms with van der Waals surface area (Å²) >= 11 is 5.75. The van der Waals surface area contributed by atoms with Gasteiger partial charge in [0.25, 0.3) is 0 Å². The van der Waals surface area contributed by atoms with Crippen molar-refractivity contribution < 1.29 is 4.79 Å². The maximum absolute atomic E-state index is 10.6. The van der Waals surface area contributed by atoms with Gasteiger partial charge in [-0.25, -0.2) is 0 Å². The topological polar surface area (TPSA) is 43.1 Å². The molecule has 1 aliphatic carbocycles. The zero-order valence-electron chi connectivity index (χ0n) is 5.85. The highest BCUT2D eigenvalue weighted by molar-refractivity contribution is 6.30. The van der Waals surface area contributed by atoms with E-state index in [0.29, 0.717) is 5.92 Å². The van der Waals surface area contributed by atoms with Crippen molar-refractivity contribution in [1.29, 1.82) is 0 Å². The van der Waals surface area contributed by atoms with Gasteiger partial charge in [0, 0.05) is 0 Å². The first-order chi connectivity index (χ1) is 4.72. The molecule has 2 N–H and O–H groups in total. The third kappa shape index (κ3) is 1.63. The smallest absolute Gasteiger partial charge is 0.235 e. The molecule has 1 fully saturated rings. The van der Waals surface area contributed by atoms with E-state index in [1.807, 2.05) is 0 Å². The molecule has 0 aromatic heterocycles. The highest BCUT2D eigenvalue weighted by atomic mass is 35.5. The van der Waals surface area contributed by atoms with Crippen molar-refractivity contribution in [2.75, 3.05) is 0 Å². The first kappa shape index (κ1) is 7.86. The van der Waals surface area contributed by atoms with Crippen LogP contribution in [0.3, 0.4) is 0 Å². The van der Waals surface area contributed by atoms with Crippen molar-refractivity contribution in [1.82, 2.24) is 0 Å². The van der Waals surface area contributed by atoms with Crippen LogP contribution in [0.15, 0.2) is 0 Å². The number of primary amides is 1. The Morgan fingerprint density at radius 1 is 1.50 bits per heavy atom. The highest BCUT2D eigenvalue weighted by Crippen LogP contribution is 2.30. The van der Waals surface area contributed by atoms with Crippen molar-refractivity contribution in [3.8, 4) is 0 Å². The standard InChI is InChI=1S/C7H12ClNO/c8-6(7(9)10)5-3-1-2-4-5/h5-6H,1-4H2,(H2,9,10). The lowest BCUT2D eigenvalue weighted by Crippen LogP contribution is -2.29. The number of alkyl halides is 1. The lowest BCUT2D eigenvalue weighted by molar-refractivity contribution is -0.118. The molecule has 0 aromatic carbocycles. The number of carbonyl (C=O) groups is 1. The van der Waals surface area contributed by atoms with Gasteiger partial charge in [-0.1, -0.05) is 12.8 Å². The molecule has 2 nitrogen and oxygen atoms in total. The fraction of sp³-hybridized carbons (Fsp3) is 0.857. The van der Waals surface area contributed by atoms with Crippen LogP contribution < -0.4 is 5.73 Å². The van der Waals surface area contributed by atoms with Crippen molar-refractivity contribution in [2.45, 2.75) is 31.1 Å². The van der Waals surface area contributed by atoms with E-state index in [2.05, 4.69) is 0 Å². The molecule has 0 aromatic rings. The normalized spacial score (nSPS) is 22.9. The Morgan fingerprint density at radius 2 is 2.00 bits per heavy atom. The SMILES string of the molecule is NC(=O)C(Cl)C1CCCC1. The number of halogens is 1. The van der Waals surface area contributed by atoms with Gasteiger partial charge in [-0.3, -0.25) is 4.79 Å². The molecular formula is C7H12ClNO. The molecule has 1 aliphatic rings. The lowest BCUT2D eigenvalue weighted by atomic mass is 10.0. The Morgan fingerprint density at radius 3 is 2.40 bits per heavy atom. The second kappa shape index (κ2) is 3.24. The number of rotatable bonds is 2. The summed E-state index contributed by atoms with van der Waals surface area (Å²) in [6.07, 6.45) is 4.52. The molecule has 0 saturated heterocycles. The Hall–Kier alpha value is -0.240. The molecule has 1 saturated carbocycles. The van der Waals surface area contributed by atoms with Crippen LogP contribution in [-0.4, -0.2) is 11.3 Å². The molecule has 10 heavy (non-hydrogen) atoms. The predicted molar refractivity (Wildman–Crippen MR) is 40.8 cm³/mol. The van der Waals surface area contributed by atoms with Crippen LogP contribution in [0.4, 0.5) is 0 Å². The van der Waals surface area contributed by atoms with E-state index >= 15 is 0 Å². The molecule has 0 aliphatic heterocycles. The van der Waals surface area contributed by atoms with Gasteiger partial charge in [-0.2, -0.15) is 0 Å². The average Bonchev–Trinajstić information content (AvgIpc) is 2.36. The molecule has 0 spiro atoms. The minimum atomic E-state index is -0.428. The maximum Gasteiger partial charge on any atom is 0.235 e. The summed E-state index contributed by atoms with van der Waals surface area (Å²) in [4.78, 5) is 10.6. The number of hydrogen-bond acceptors (Lipinski definition) is 1. The second-order valence-corrected chi connectivity index (χ2v) is 3.32. The van der Waals surface area contributed by atoms with Gasteiger partial charge >= 0.3 is 0 Å². The summed E-state index contributed by atoms with van der Waals surface area (Å²) in [5.41, 5.74) is 5.04. The molecule has 0 heterocycles. The molecule has 1 unspecified atom stereocenters. The quantitative estimate of drug-likeness (QED) is 0.609. The van der Waals surface area contributed by atoms with E-state index in [1.54, 1.807) is 0 Å². The van der Waals surface area contributed by atoms with Crippen molar-refractivity contribution in [3.63, 3.8) is 0 Å². The number of carbonyl (C=O) groups excluding carboxylic acids is 1. The first-order valence-corrected chi connectivity index (χ1v) is 4.09. The largest absolute Gasteiger partial charge is 0.368 e. The number of hydrogen-bond donors (Lipinski definition) is 1. The average molecular weight is 162 g/mol. The van der Waals surface area contributed by atoms with Gasteiger partial charge in [0.05, 0.1) is 0 Å². The van der Waals surface area contributed by atoms with Gasteiger partial charge in [0.1, 0.15) is 5.38 Å². The predicted octanol–water partition coefficient (Wildman–Crippen LogP) is 1.27. The van der Waals surface area contributed by atoms with E-state index in [-0.39, 0.29) is 5.91 Å². The van der Waals surface area contributed by atoms with Crippen LogP contribution in [0.1, 0.15) is 25.7 Å². The summed E-state index contributed by atoms with van der Waals surface area (Å²) in [6.45, 7) is 0. The van der Waals surface area contributed by atoms with Crippen molar-refractivity contribution in [2.24, 2.45) is 11.7 Å². The lowest BCUT2D eigenvalue weighted by Gasteiger charge is -2.11. The monoisotopic (exact) mass is 161 g/mol. The molecular weight excluding hydrogens is 150 g/mol. The molecule has 1 rings (SSSR count). The van der Waals surface area contributed by atoms with Crippen molar-refractivity contribution >= 4 is 17.5 Å². The van der Waals surface area contributed by atoms with Crippen molar-refractivity contribution in [3.05, 3.63) is 0 Å². The molecule has 0 bridgehead atoms. The number of amides is 1. The van der Waals surface area contributed by atoms with Gasteiger partial charge in [-0.15, -0.1) is 11.6 Å². The van der Waals surface area contributed by atoms with E-state index < -0.39 is 5.38 Å². The van der Waals surface area contributed by atoms with Crippen LogP contribution in [0.2, 0.25) is 0 Å². The fourth-order valence-corrected chi connectivity index (χ4v) is 1.73. The Balaban J connectivity index is 2.39. The second-order valence-electron chi connectivity index (χ2n) is 2.85. The van der Waals surface area contributed by atoms with Crippen LogP contribution in [0, 0.1) is 5.92 Å². The van der Waals surface area contributed by atoms with Crippen LogP contribution in [0.5, 0.6) is 0 Å². The van der Waals surface area contributed by atoms with E-state index in [0.717, 1.165) is 12.8 Å². The molecule has 3 heteroatoms. The molecule has 1 amide bonds. The van der Waals surface area contributed by atoms with E-state index in [9.17, 15) is 4.79 Å². The third-order valence-corrected chi connectivity index (χ3v) is 2.66. The first-order valence-electron chi connectivity index (χ1n) is 3.65. The molecule has 0 radical (unpaired) electrons. The third-order valence-electron chi connectivity index (χ3n) is 2.09. The van der Waals surface area contributed by atoms with Crippen LogP contribution in [-0.2, 0) is 4.79 Å². The molecule has 1 atom stereocenters. The summed E-state index contributed by atoms with van der Waals surface area (Å²) in [5, 5.41) is -0.428. The Bertz CT molecular complexity index is 132.